The molecule has 2 aromatic heterocycles. The number of carbonyl (C=O) groups excluding carboxylic acids is 1. The van der Waals surface area contributed by atoms with Gasteiger partial charge in [0.05, 0.1) is 34.9 Å². The molecule has 1 unspecified atom stereocenters. The molecule has 24 heavy (non-hydrogen) atoms. The summed E-state index contributed by atoms with van der Waals surface area (Å²) in [5.41, 5.74) is 2.21. The average Bonchev–Trinajstić information content (AvgIpc) is 3.15. The molecule has 0 bridgehead atoms. The van der Waals surface area contributed by atoms with Gasteiger partial charge in [-0.05, 0) is 25.1 Å². The molecule has 7 nitrogen and oxygen atoms in total. The van der Waals surface area contributed by atoms with Crippen molar-refractivity contribution in [2.75, 3.05) is 6.61 Å². The molecular formula is C16H14N2O5S. The van der Waals surface area contributed by atoms with Crippen LogP contribution in [0.25, 0.3) is 11.1 Å². The van der Waals surface area contributed by atoms with Crippen molar-refractivity contribution < 1.29 is 18.7 Å². The molecule has 0 radical (unpaired) electrons. The number of aromatic amines is 1. The van der Waals surface area contributed by atoms with E-state index in [2.05, 4.69) is 9.97 Å². The van der Waals surface area contributed by atoms with Crippen molar-refractivity contribution in [3.05, 3.63) is 49.9 Å². The quantitative estimate of drug-likeness (QED) is 0.733. The number of H-pyrrole nitrogens is 1. The van der Waals surface area contributed by atoms with E-state index >= 15 is 0 Å². The van der Waals surface area contributed by atoms with Gasteiger partial charge in [-0.1, -0.05) is 0 Å². The number of benzene rings is 1. The number of nitrogens with zero attached hydrogens (tertiary/aromatic N) is 1. The topological polar surface area (TPSA) is 94.4 Å². The van der Waals surface area contributed by atoms with Crippen LogP contribution in [0.4, 0.5) is 0 Å². The molecule has 0 fully saturated rings. The van der Waals surface area contributed by atoms with E-state index in [1.54, 1.807) is 19.1 Å². The highest BCUT2D eigenvalue weighted by molar-refractivity contribution is 7.11. The lowest BCUT2D eigenvalue weighted by Crippen LogP contribution is -2.10. The molecule has 0 spiro atoms. The van der Waals surface area contributed by atoms with Crippen LogP contribution in [0.2, 0.25) is 0 Å². The molecule has 1 aliphatic heterocycles. The summed E-state index contributed by atoms with van der Waals surface area (Å²) in [5.74, 6) is -1.04. The fraction of sp³-hybridized carbons (Fsp3) is 0.312. The maximum atomic E-state index is 12.3. The minimum absolute atomic E-state index is 0.321. The van der Waals surface area contributed by atoms with E-state index < -0.39 is 17.8 Å². The van der Waals surface area contributed by atoms with Crippen LogP contribution in [-0.2, 0) is 22.5 Å². The van der Waals surface area contributed by atoms with Gasteiger partial charge in [0.2, 0.25) is 0 Å². The van der Waals surface area contributed by atoms with E-state index in [-0.39, 0.29) is 0 Å². The molecular weight excluding hydrogens is 332 g/mol. The third-order valence-electron chi connectivity index (χ3n) is 3.80. The monoisotopic (exact) mass is 346 g/mol. The third-order valence-corrected chi connectivity index (χ3v) is 5.03. The predicted molar refractivity (Wildman–Crippen MR) is 86.1 cm³/mol. The van der Waals surface area contributed by atoms with Gasteiger partial charge >= 0.3 is 11.7 Å². The minimum Gasteiger partial charge on any atom is -0.452 e. The first-order valence-corrected chi connectivity index (χ1v) is 8.32. The average molecular weight is 346 g/mol. The highest BCUT2D eigenvalue weighted by Crippen LogP contribution is 2.29. The molecule has 1 N–H and O–H groups in total. The van der Waals surface area contributed by atoms with Crippen molar-refractivity contribution in [1.29, 1.82) is 0 Å². The van der Waals surface area contributed by atoms with Crippen LogP contribution in [0.3, 0.4) is 0 Å². The lowest BCUT2D eigenvalue weighted by molar-refractivity contribution is 0.0337. The van der Waals surface area contributed by atoms with E-state index in [0.29, 0.717) is 29.9 Å². The first-order valence-electron chi connectivity index (χ1n) is 7.50. The molecule has 3 heterocycles. The number of thiazole rings is 1. The zero-order valence-corrected chi connectivity index (χ0v) is 13.6. The predicted octanol–water partition coefficient (Wildman–Crippen LogP) is 2.57. The largest absolute Gasteiger partial charge is 0.452 e. The summed E-state index contributed by atoms with van der Waals surface area (Å²) in [4.78, 5) is 31.7. The summed E-state index contributed by atoms with van der Waals surface area (Å²) < 4.78 is 15.9. The Morgan fingerprint density at radius 1 is 1.46 bits per heavy atom. The lowest BCUT2D eigenvalue weighted by atomic mass is 10.2. The number of hydrogen-bond acceptors (Lipinski definition) is 7. The number of nitrogens with one attached hydrogen (secondary N) is 1. The Morgan fingerprint density at radius 3 is 3.17 bits per heavy atom. The summed E-state index contributed by atoms with van der Waals surface area (Å²) >= 11 is 1.51. The van der Waals surface area contributed by atoms with Crippen LogP contribution in [0.5, 0.6) is 0 Å². The molecule has 3 aromatic rings. The van der Waals surface area contributed by atoms with Gasteiger partial charge in [-0.25, -0.2) is 14.6 Å². The van der Waals surface area contributed by atoms with E-state index in [4.69, 9.17) is 13.9 Å². The minimum atomic E-state index is -0.556. The van der Waals surface area contributed by atoms with Crippen LogP contribution in [0.15, 0.2) is 27.4 Å². The smallest absolute Gasteiger partial charge is 0.417 e. The van der Waals surface area contributed by atoms with Crippen LogP contribution in [0, 0.1) is 0 Å². The van der Waals surface area contributed by atoms with Crippen LogP contribution < -0.4 is 5.76 Å². The van der Waals surface area contributed by atoms with Gasteiger partial charge in [-0.3, -0.25) is 4.98 Å². The number of esters is 1. The summed E-state index contributed by atoms with van der Waals surface area (Å²) in [6.45, 7) is 3.03. The zero-order valence-electron chi connectivity index (χ0n) is 12.8. The lowest BCUT2D eigenvalue weighted by Gasteiger charge is -2.10. The van der Waals surface area contributed by atoms with E-state index in [1.165, 1.54) is 17.4 Å². The molecule has 0 amide bonds. The summed E-state index contributed by atoms with van der Waals surface area (Å²) in [7, 11) is 0. The summed E-state index contributed by atoms with van der Waals surface area (Å²) in [6.07, 6.45) is 0.331. The van der Waals surface area contributed by atoms with Gasteiger partial charge in [0.1, 0.15) is 5.01 Å². The van der Waals surface area contributed by atoms with Crippen LogP contribution in [-0.4, -0.2) is 22.5 Å². The standard InChI is InChI=1S/C16H14N2O5S/c1-8(14-17-11-4-5-21-7-13(11)24-14)22-15(19)9-2-3-10-12(6-9)23-16(20)18-10/h2-3,6,8H,4-5,7H2,1H3,(H,18,20). The van der Waals surface area contributed by atoms with Gasteiger partial charge < -0.3 is 13.9 Å². The van der Waals surface area contributed by atoms with Gasteiger partial charge in [-0.15, -0.1) is 11.3 Å². The van der Waals surface area contributed by atoms with E-state index in [9.17, 15) is 9.59 Å². The highest BCUT2D eigenvalue weighted by Gasteiger charge is 2.22. The molecule has 1 atom stereocenters. The molecule has 0 saturated heterocycles. The second-order valence-corrected chi connectivity index (χ2v) is 6.61. The van der Waals surface area contributed by atoms with Gasteiger partial charge in [-0.2, -0.15) is 0 Å². The fourth-order valence-corrected chi connectivity index (χ4v) is 3.60. The Morgan fingerprint density at radius 2 is 2.33 bits per heavy atom. The maximum absolute atomic E-state index is 12.3. The molecule has 0 saturated carbocycles. The summed E-state index contributed by atoms with van der Waals surface area (Å²) in [6, 6.07) is 4.69. The van der Waals surface area contributed by atoms with Crippen molar-refractivity contribution in [2.45, 2.75) is 26.1 Å². The molecule has 4 rings (SSSR count). The molecule has 1 aromatic carbocycles. The Kier molecular flexibility index (Phi) is 3.70. The van der Waals surface area contributed by atoms with Crippen molar-refractivity contribution in [2.24, 2.45) is 0 Å². The second kappa shape index (κ2) is 5.88. The molecule has 8 heteroatoms. The number of fused-ring (bicyclic) bond motifs is 2. The van der Waals surface area contributed by atoms with Gasteiger partial charge in [0.25, 0.3) is 0 Å². The Bertz CT molecular complexity index is 947. The normalized spacial score (nSPS) is 15.2. The Labute approximate surface area is 140 Å². The zero-order chi connectivity index (χ0) is 16.7. The van der Waals surface area contributed by atoms with Crippen LogP contribution >= 0.6 is 11.3 Å². The number of rotatable bonds is 3. The number of hydrogen-bond donors (Lipinski definition) is 1. The second-order valence-electron chi connectivity index (χ2n) is 5.50. The fourth-order valence-electron chi connectivity index (χ4n) is 2.57. The van der Waals surface area contributed by atoms with Gasteiger partial charge in [0, 0.05) is 6.42 Å². The molecule has 1 aliphatic rings. The van der Waals surface area contributed by atoms with E-state index in [1.807, 2.05) is 0 Å². The van der Waals surface area contributed by atoms with Crippen molar-refractivity contribution in [3.8, 4) is 0 Å². The molecule has 0 aliphatic carbocycles. The summed E-state index contributed by atoms with van der Waals surface area (Å²) in [5, 5.41) is 0.758. The Hall–Kier alpha value is -2.45. The number of aromatic nitrogens is 2. The van der Waals surface area contributed by atoms with Crippen molar-refractivity contribution in [3.63, 3.8) is 0 Å². The number of carbonyl (C=O) groups is 1. The van der Waals surface area contributed by atoms with E-state index in [0.717, 1.165) is 22.0 Å². The van der Waals surface area contributed by atoms with Crippen LogP contribution in [0.1, 0.15) is 39.0 Å². The number of ether oxygens (including phenoxy) is 2. The van der Waals surface area contributed by atoms with Crippen molar-refractivity contribution in [1.82, 2.24) is 9.97 Å². The molecule has 124 valence electrons. The highest BCUT2D eigenvalue weighted by atomic mass is 32.1. The van der Waals surface area contributed by atoms with Gasteiger partial charge in [0.15, 0.2) is 11.7 Å². The van der Waals surface area contributed by atoms with Crippen molar-refractivity contribution >= 4 is 28.4 Å². The maximum Gasteiger partial charge on any atom is 0.417 e. The Balaban J connectivity index is 1.53. The third kappa shape index (κ3) is 2.74. The first kappa shape index (κ1) is 15.1. The number of oxazole rings is 1. The SMILES string of the molecule is CC(OC(=O)c1ccc2[nH]c(=O)oc2c1)c1nc2c(s1)COCC2. The first-order chi connectivity index (χ1) is 11.6.